The quantitative estimate of drug-likeness (QED) is 0.875. The Labute approximate surface area is 122 Å². The van der Waals surface area contributed by atoms with Gasteiger partial charge in [0.1, 0.15) is 5.75 Å². The minimum atomic E-state index is 0.417. The summed E-state index contributed by atoms with van der Waals surface area (Å²) in [6, 6.07) is 6.56. The molecule has 0 amide bonds. The van der Waals surface area contributed by atoms with Gasteiger partial charge in [-0.3, -0.25) is 4.90 Å². The highest BCUT2D eigenvalue weighted by atomic mass is 16.3. The average Bonchev–Trinajstić information content (AvgIpc) is 2.67. The van der Waals surface area contributed by atoms with Crippen molar-refractivity contribution in [3.05, 3.63) is 29.3 Å². The second kappa shape index (κ2) is 5.77. The normalized spacial score (nSPS) is 27.6. The van der Waals surface area contributed by atoms with Gasteiger partial charge in [-0.15, -0.1) is 0 Å². The van der Waals surface area contributed by atoms with Gasteiger partial charge in [0.25, 0.3) is 0 Å². The van der Waals surface area contributed by atoms with Crippen LogP contribution in [-0.2, 0) is 6.42 Å². The summed E-state index contributed by atoms with van der Waals surface area (Å²) in [6.07, 6.45) is 6.43. The zero-order valence-electron chi connectivity index (χ0n) is 12.8. The van der Waals surface area contributed by atoms with Gasteiger partial charge in [0.15, 0.2) is 0 Å². The predicted molar refractivity (Wildman–Crippen MR) is 82.9 cm³/mol. The van der Waals surface area contributed by atoms with Crippen LogP contribution < -0.4 is 0 Å². The number of likely N-dealkylation sites (tertiary alicyclic amines) is 1. The van der Waals surface area contributed by atoms with Crippen LogP contribution in [0.25, 0.3) is 0 Å². The third-order valence-corrected chi connectivity index (χ3v) is 5.36. The zero-order chi connectivity index (χ0) is 14.1. The fraction of sp³-hybridized carbons (Fsp3) is 0.667. The third-order valence-electron chi connectivity index (χ3n) is 5.36. The number of hydrogen-bond acceptors (Lipinski definition) is 2. The molecule has 20 heavy (non-hydrogen) atoms. The second-order valence-corrected chi connectivity index (χ2v) is 6.91. The molecule has 2 nitrogen and oxygen atoms in total. The van der Waals surface area contributed by atoms with E-state index >= 15 is 0 Å². The van der Waals surface area contributed by atoms with Crippen molar-refractivity contribution in [2.45, 2.75) is 52.0 Å². The Morgan fingerprint density at radius 3 is 2.80 bits per heavy atom. The van der Waals surface area contributed by atoms with Gasteiger partial charge in [-0.2, -0.15) is 0 Å². The summed E-state index contributed by atoms with van der Waals surface area (Å²) in [6.45, 7) is 7.23. The topological polar surface area (TPSA) is 23.5 Å². The van der Waals surface area contributed by atoms with Crippen molar-refractivity contribution >= 4 is 0 Å². The van der Waals surface area contributed by atoms with E-state index in [0.29, 0.717) is 11.8 Å². The lowest BCUT2D eigenvalue weighted by Crippen LogP contribution is -2.28. The van der Waals surface area contributed by atoms with Gasteiger partial charge in [0.05, 0.1) is 0 Å². The molecule has 0 saturated carbocycles. The molecule has 1 aliphatic carbocycles. The van der Waals surface area contributed by atoms with Crippen molar-refractivity contribution in [1.82, 2.24) is 4.90 Å². The molecule has 1 fully saturated rings. The van der Waals surface area contributed by atoms with Crippen LogP contribution in [0.3, 0.4) is 0 Å². The van der Waals surface area contributed by atoms with E-state index in [1.807, 2.05) is 12.1 Å². The molecule has 1 heterocycles. The van der Waals surface area contributed by atoms with E-state index in [0.717, 1.165) is 18.3 Å². The number of fused-ring (bicyclic) bond motifs is 1. The Kier molecular flexibility index (Phi) is 4.02. The maximum Gasteiger partial charge on any atom is 0.115 e. The lowest BCUT2D eigenvalue weighted by molar-refractivity contribution is 0.199. The molecule has 110 valence electrons. The van der Waals surface area contributed by atoms with Gasteiger partial charge in [0, 0.05) is 6.04 Å². The van der Waals surface area contributed by atoms with Crippen LogP contribution in [0, 0.1) is 11.8 Å². The second-order valence-electron chi connectivity index (χ2n) is 6.91. The van der Waals surface area contributed by atoms with Crippen LogP contribution in [0.4, 0.5) is 0 Å². The molecule has 1 saturated heterocycles. The van der Waals surface area contributed by atoms with Crippen LogP contribution in [-0.4, -0.2) is 23.1 Å². The summed E-state index contributed by atoms with van der Waals surface area (Å²) in [7, 11) is 0. The number of aromatic hydroxyl groups is 1. The summed E-state index contributed by atoms with van der Waals surface area (Å²) >= 11 is 0. The van der Waals surface area contributed by atoms with Crippen LogP contribution >= 0.6 is 0 Å². The molecular weight excluding hydrogens is 246 g/mol. The van der Waals surface area contributed by atoms with Crippen LogP contribution in [0.5, 0.6) is 5.75 Å². The van der Waals surface area contributed by atoms with E-state index in [-0.39, 0.29) is 0 Å². The molecule has 3 rings (SSSR count). The minimum Gasteiger partial charge on any atom is -0.508 e. The van der Waals surface area contributed by atoms with Crippen LogP contribution in [0.1, 0.15) is 56.7 Å². The highest BCUT2D eigenvalue weighted by Gasteiger charge is 2.30. The smallest absolute Gasteiger partial charge is 0.115 e. The number of phenols is 1. The highest BCUT2D eigenvalue weighted by Crippen LogP contribution is 2.39. The number of rotatable bonds is 2. The molecule has 2 heteroatoms. The lowest BCUT2D eigenvalue weighted by Gasteiger charge is -2.28. The lowest BCUT2D eigenvalue weighted by atomic mass is 9.89. The Hall–Kier alpha value is -1.02. The van der Waals surface area contributed by atoms with Crippen LogP contribution in [0.2, 0.25) is 0 Å². The van der Waals surface area contributed by atoms with E-state index in [2.05, 4.69) is 24.8 Å². The maximum atomic E-state index is 9.62. The summed E-state index contributed by atoms with van der Waals surface area (Å²) in [4.78, 5) is 2.70. The van der Waals surface area contributed by atoms with Gasteiger partial charge in [0.2, 0.25) is 0 Å². The molecular formula is C18H27NO. The van der Waals surface area contributed by atoms with Crippen molar-refractivity contribution in [1.29, 1.82) is 0 Å². The molecule has 1 aromatic carbocycles. The fourth-order valence-electron chi connectivity index (χ4n) is 4.08. The first-order valence-corrected chi connectivity index (χ1v) is 8.21. The minimum absolute atomic E-state index is 0.417. The largest absolute Gasteiger partial charge is 0.508 e. The summed E-state index contributed by atoms with van der Waals surface area (Å²) < 4.78 is 0. The monoisotopic (exact) mass is 273 g/mol. The molecule has 0 bridgehead atoms. The highest BCUT2D eigenvalue weighted by molar-refractivity contribution is 5.40. The van der Waals surface area contributed by atoms with Crippen molar-refractivity contribution in [3.8, 4) is 5.75 Å². The van der Waals surface area contributed by atoms with Crippen LogP contribution in [0.15, 0.2) is 18.2 Å². The average molecular weight is 273 g/mol. The third kappa shape index (κ3) is 2.71. The van der Waals surface area contributed by atoms with Gasteiger partial charge < -0.3 is 5.11 Å². The van der Waals surface area contributed by atoms with Crippen molar-refractivity contribution in [2.75, 3.05) is 13.1 Å². The first-order chi connectivity index (χ1) is 9.65. The molecule has 2 unspecified atom stereocenters. The first-order valence-electron chi connectivity index (χ1n) is 8.21. The fourth-order valence-corrected chi connectivity index (χ4v) is 4.08. The Morgan fingerprint density at radius 1 is 1.15 bits per heavy atom. The first kappa shape index (κ1) is 13.9. The molecule has 1 aromatic rings. The van der Waals surface area contributed by atoms with E-state index < -0.39 is 0 Å². The summed E-state index contributed by atoms with van der Waals surface area (Å²) in [5.74, 6) is 2.14. The van der Waals surface area contributed by atoms with Gasteiger partial charge in [-0.05, 0) is 80.3 Å². The zero-order valence-corrected chi connectivity index (χ0v) is 12.8. The Balaban J connectivity index is 1.72. The molecule has 1 N–H and O–H groups in total. The standard InChI is InChI=1S/C18H27NO/c1-13(2)14-4-3-10-19(11-9-14)18-8-5-15-12-16(20)6-7-17(15)18/h6-7,12-14,18,20H,3-5,8-11H2,1-2H3. The Bertz CT molecular complexity index is 468. The number of hydrogen-bond donors (Lipinski definition) is 1. The molecule has 0 radical (unpaired) electrons. The van der Waals surface area contributed by atoms with Crippen molar-refractivity contribution in [2.24, 2.45) is 11.8 Å². The SMILES string of the molecule is CC(C)C1CCCN(C2CCc3cc(O)ccc32)CC1. The van der Waals surface area contributed by atoms with E-state index in [4.69, 9.17) is 0 Å². The molecule has 0 aromatic heterocycles. The summed E-state index contributed by atoms with van der Waals surface area (Å²) in [5.41, 5.74) is 2.82. The van der Waals surface area contributed by atoms with Gasteiger partial charge in [-0.1, -0.05) is 19.9 Å². The van der Waals surface area contributed by atoms with E-state index in [9.17, 15) is 5.11 Å². The summed E-state index contributed by atoms with van der Waals surface area (Å²) in [5, 5.41) is 9.62. The molecule has 0 spiro atoms. The number of aryl methyl sites for hydroxylation is 1. The van der Waals surface area contributed by atoms with Crippen molar-refractivity contribution in [3.63, 3.8) is 0 Å². The predicted octanol–water partition coefficient (Wildman–Crippen LogP) is 4.14. The maximum absolute atomic E-state index is 9.62. The molecule has 2 aliphatic rings. The van der Waals surface area contributed by atoms with E-state index in [1.54, 1.807) is 0 Å². The van der Waals surface area contributed by atoms with Crippen molar-refractivity contribution < 1.29 is 5.11 Å². The Morgan fingerprint density at radius 2 is 2.00 bits per heavy atom. The number of phenolic OH excluding ortho intramolecular Hbond substituents is 1. The number of nitrogens with zero attached hydrogens (tertiary/aromatic N) is 1. The van der Waals surface area contributed by atoms with Gasteiger partial charge >= 0.3 is 0 Å². The van der Waals surface area contributed by atoms with E-state index in [1.165, 1.54) is 49.9 Å². The molecule has 1 aliphatic heterocycles. The molecule has 2 atom stereocenters. The van der Waals surface area contributed by atoms with Gasteiger partial charge in [-0.25, -0.2) is 0 Å². The number of benzene rings is 1.